The van der Waals surface area contributed by atoms with Gasteiger partial charge < -0.3 is 5.73 Å². The monoisotopic (exact) mass is 179 g/mol. The molecule has 0 amide bonds. The van der Waals surface area contributed by atoms with Crippen molar-refractivity contribution in [2.24, 2.45) is 5.73 Å². The Labute approximate surface area is 77.2 Å². The molecule has 1 aromatic rings. The molecule has 0 atom stereocenters. The topological polar surface area (TPSA) is 68.9 Å². The van der Waals surface area contributed by atoms with Crippen LogP contribution in [0.25, 0.3) is 0 Å². The van der Waals surface area contributed by atoms with Crippen molar-refractivity contribution >= 4 is 5.78 Å². The Balaban J connectivity index is 2.61. The summed E-state index contributed by atoms with van der Waals surface area (Å²) in [6, 6.07) is 3.48. The Kier molecular flexibility index (Phi) is 3.52. The summed E-state index contributed by atoms with van der Waals surface area (Å²) in [7, 11) is 0. The van der Waals surface area contributed by atoms with Gasteiger partial charge in [-0.1, -0.05) is 0 Å². The smallest absolute Gasteiger partial charge is 0.183 e. The first-order valence-electron chi connectivity index (χ1n) is 4.27. The molecular weight excluding hydrogens is 166 g/mol. The molecule has 0 spiro atoms. The third-order valence-electron chi connectivity index (χ3n) is 1.69. The Hall–Kier alpha value is -1.29. The lowest BCUT2D eigenvalue weighted by atomic mass is 10.1. The van der Waals surface area contributed by atoms with Crippen LogP contribution in [-0.4, -0.2) is 22.5 Å². The van der Waals surface area contributed by atoms with Crippen molar-refractivity contribution in [1.82, 2.24) is 10.2 Å². The molecule has 1 aromatic heterocycles. The van der Waals surface area contributed by atoms with Gasteiger partial charge in [0.25, 0.3) is 0 Å². The van der Waals surface area contributed by atoms with E-state index in [0.717, 1.165) is 5.69 Å². The number of carbonyl (C=O) groups is 1. The van der Waals surface area contributed by atoms with Gasteiger partial charge >= 0.3 is 0 Å². The van der Waals surface area contributed by atoms with Crippen LogP contribution in [0, 0.1) is 6.92 Å². The van der Waals surface area contributed by atoms with Crippen LogP contribution < -0.4 is 5.73 Å². The van der Waals surface area contributed by atoms with Crippen LogP contribution in [0.4, 0.5) is 0 Å². The summed E-state index contributed by atoms with van der Waals surface area (Å²) in [6.07, 6.45) is 1.16. The number of Topliss-reactive ketones (excluding diaryl/α,β-unsaturated/α-hetero) is 1. The van der Waals surface area contributed by atoms with Crippen LogP contribution in [0.15, 0.2) is 12.1 Å². The van der Waals surface area contributed by atoms with Crippen molar-refractivity contribution in [2.75, 3.05) is 6.54 Å². The average Bonchev–Trinajstić information content (AvgIpc) is 2.15. The van der Waals surface area contributed by atoms with E-state index in [1.807, 2.05) is 6.92 Å². The molecule has 4 nitrogen and oxygen atoms in total. The van der Waals surface area contributed by atoms with Gasteiger partial charge in [0, 0.05) is 6.42 Å². The second kappa shape index (κ2) is 4.67. The molecule has 0 radical (unpaired) electrons. The second-order valence-electron chi connectivity index (χ2n) is 2.88. The first kappa shape index (κ1) is 9.80. The highest BCUT2D eigenvalue weighted by Crippen LogP contribution is 2.01. The quantitative estimate of drug-likeness (QED) is 0.691. The standard InChI is InChI=1S/C9H13N3O/c1-7-4-5-8(12-11-7)9(13)3-2-6-10/h4-5H,2-3,6,10H2,1H3. The summed E-state index contributed by atoms with van der Waals surface area (Å²) >= 11 is 0. The third-order valence-corrected chi connectivity index (χ3v) is 1.69. The maximum Gasteiger partial charge on any atom is 0.183 e. The number of hydrogen-bond acceptors (Lipinski definition) is 4. The van der Waals surface area contributed by atoms with Crippen LogP contribution in [0.2, 0.25) is 0 Å². The van der Waals surface area contributed by atoms with Crippen LogP contribution >= 0.6 is 0 Å². The van der Waals surface area contributed by atoms with E-state index in [1.165, 1.54) is 0 Å². The summed E-state index contributed by atoms with van der Waals surface area (Å²) < 4.78 is 0. The molecular formula is C9H13N3O. The number of aryl methyl sites for hydroxylation is 1. The minimum absolute atomic E-state index is 0.0120. The van der Waals surface area contributed by atoms with Gasteiger partial charge in [-0.05, 0) is 32.0 Å². The molecule has 13 heavy (non-hydrogen) atoms. The first-order chi connectivity index (χ1) is 6.24. The fraction of sp³-hybridized carbons (Fsp3) is 0.444. The molecule has 0 aliphatic heterocycles. The molecule has 4 heteroatoms. The minimum Gasteiger partial charge on any atom is -0.330 e. The van der Waals surface area contributed by atoms with Gasteiger partial charge in [0.15, 0.2) is 5.78 Å². The largest absolute Gasteiger partial charge is 0.330 e. The van der Waals surface area contributed by atoms with Crippen molar-refractivity contribution in [1.29, 1.82) is 0 Å². The summed E-state index contributed by atoms with van der Waals surface area (Å²) in [4.78, 5) is 11.4. The lowest BCUT2D eigenvalue weighted by Crippen LogP contribution is -2.07. The number of ketones is 1. The van der Waals surface area contributed by atoms with Crippen LogP contribution in [0.3, 0.4) is 0 Å². The molecule has 70 valence electrons. The molecule has 0 aliphatic carbocycles. The fourth-order valence-electron chi connectivity index (χ4n) is 0.938. The number of carbonyl (C=O) groups excluding carboxylic acids is 1. The zero-order valence-electron chi connectivity index (χ0n) is 7.66. The Morgan fingerprint density at radius 1 is 1.46 bits per heavy atom. The predicted octanol–water partition coefficient (Wildman–Crippen LogP) is 0.707. The van der Waals surface area contributed by atoms with Crippen molar-refractivity contribution in [2.45, 2.75) is 19.8 Å². The highest BCUT2D eigenvalue weighted by Gasteiger charge is 2.06. The number of nitrogens with two attached hydrogens (primary N) is 1. The summed E-state index contributed by atoms with van der Waals surface area (Å²) in [6.45, 7) is 2.37. The molecule has 0 bridgehead atoms. The van der Waals surface area contributed by atoms with E-state index in [1.54, 1.807) is 12.1 Å². The SMILES string of the molecule is Cc1ccc(C(=O)CCCN)nn1. The van der Waals surface area contributed by atoms with Crippen LogP contribution in [0.5, 0.6) is 0 Å². The lowest BCUT2D eigenvalue weighted by molar-refractivity contribution is 0.0975. The van der Waals surface area contributed by atoms with E-state index in [9.17, 15) is 4.79 Å². The van der Waals surface area contributed by atoms with E-state index in [-0.39, 0.29) is 5.78 Å². The number of hydrogen-bond donors (Lipinski definition) is 1. The van der Waals surface area contributed by atoms with E-state index < -0.39 is 0 Å². The zero-order valence-corrected chi connectivity index (χ0v) is 7.66. The second-order valence-corrected chi connectivity index (χ2v) is 2.88. The maximum absolute atomic E-state index is 11.4. The molecule has 0 saturated carbocycles. The number of rotatable bonds is 4. The fourth-order valence-corrected chi connectivity index (χ4v) is 0.938. The molecule has 0 saturated heterocycles. The highest BCUT2D eigenvalue weighted by atomic mass is 16.1. The Bertz CT molecular complexity index is 281. The zero-order chi connectivity index (χ0) is 9.68. The molecule has 1 rings (SSSR count). The van der Waals surface area contributed by atoms with E-state index in [0.29, 0.717) is 25.1 Å². The van der Waals surface area contributed by atoms with Gasteiger partial charge in [0.1, 0.15) is 5.69 Å². The minimum atomic E-state index is 0.0120. The van der Waals surface area contributed by atoms with Gasteiger partial charge in [-0.3, -0.25) is 4.79 Å². The van der Waals surface area contributed by atoms with Gasteiger partial charge in [0.05, 0.1) is 5.69 Å². The molecule has 0 aromatic carbocycles. The Morgan fingerprint density at radius 2 is 2.23 bits per heavy atom. The van der Waals surface area contributed by atoms with E-state index in [4.69, 9.17) is 5.73 Å². The molecule has 0 fully saturated rings. The van der Waals surface area contributed by atoms with Crippen molar-refractivity contribution in [3.05, 3.63) is 23.5 Å². The van der Waals surface area contributed by atoms with Gasteiger partial charge in [-0.2, -0.15) is 5.10 Å². The molecule has 0 unspecified atom stereocenters. The van der Waals surface area contributed by atoms with Crippen LogP contribution in [0.1, 0.15) is 29.0 Å². The third kappa shape index (κ3) is 2.91. The van der Waals surface area contributed by atoms with Gasteiger partial charge in [-0.15, -0.1) is 5.10 Å². The number of aromatic nitrogens is 2. The maximum atomic E-state index is 11.4. The van der Waals surface area contributed by atoms with Crippen molar-refractivity contribution in [3.63, 3.8) is 0 Å². The van der Waals surface area contributed by atoms with Gasteiger partial charge in [-0.25, -0.2) is 0 Å². The predicted molar refractivity (Wildman–Crippen MR) is 49.4 cm³/mol. The Morgan fingerprint density at radius 3 is 2.77 bits per heavy atom. The molecule has 0 aliphatic rings. The summed E-state index contributed by atoms with van der Waals surface area (Å²) in [5.41, 5.74) is 6.54. The molecule has 2 N–H and O–H groups in total. The van der Waals surface area contributed by atoms with E-state index >= 15 is 0 Å². The number of nitrogens with zero attached hydrogens (tertiary/aromatic N) is 2. The summed E-state index contributed by atoms with van der Waals surface area (Å²) in [5, 5.41) is 7.60. The van der Waals surface area contributed by atoms with E-state index in [2.05, 4.69) is 10.2 Å². The average molecular weight is 179 g/mol. The van der Waals surface area contributed by atoms with Crippen molar-refractivity contribution < 1.29 is 4.79 Å². The lowest BCUT2D eigenvalue weighted by Gasteiger charge is -1.97. The van der Waals surface area contributed by atoms with Crippen LogP contribution in [-0.2, 0) is 0 Å². The normalized spacial score (nSPS) is 10.0. The van der Waals surface area contributed by atoms with Crippen molar-refractivity contribution in [3.8, 4) is 0 Å². The first-order valence-corrected chi connectivity index (χ1v) is 4.27. The molecule has 1 heterocycles. The van der Waals surface area contributed by atoms with Gasteiger partial charge in [0.2, 0.25) is 0 Å². The summed E-state index contributed by atoms with van der Waals surface area (Å²) in [5.74, 6) is 0.0120. The highest BCUT2D eigenvalue weighted by molar-refractivity contribution is 5.93.